The number of methoxy groups -OCH3 is 2. The molecule has 0 aliphatic carbocycles. The summed E-state index contributed by atoms with van der Waals surface area (Å²) in [5, 5.41) is 0. The molecule has 3 heterocycles. The molecule has 1 atom stereocenters. The summed E-state index contributed by atoms with van der Waals surface area (Å²) >= 11 is 0. The summed E-state index contributed by atoms with van der Waals surface area (Å²) in [5.41, 5.74) is 7.19. The molecule has 41 heavy (non-hydrogen) atoms. The van der Waals surface area contributed by atoms with Crippen LogP contribution in [0.15, 0.2) is 60.7 Å². The van der Waals surface area contributed by atoms with Crippen LogP contribution in [0.5, 0.6) is 11.5 Å². The summed E-state index contributed by atoms with van der Waals surface area (Å²) in [6.07, 6.45) is 1.88. The molecule has 0 N–H and O–H groups in total. The fourth-order valence-electron chi connectivity index (χ4n) is 6.82. The van der Waals surface area contributed by atoms with E-state index in [1.165, 1.54) is 22.4 Å². The standard InChI is InChI=1S/C34H42N4O3/c1-4-35-17-19-37(20-18-35)31-12-7-11-28-29(31)24-38(34(28)39)30(25-14-15-32(40-2)33(21-25)41-3)13-8-16-36-22-26-9-5-6-10-27(26)23-36/h5-7,9-12,14-15,21,30H,4,8,13,16-20,22-24H2,1-3H3/t30-/m1/s1. The number of carbonyl (C=O) groups excluding carboxylic acids is 1. The molecule has 0 radical (unpaired) electrons. The highest BCUT2D eigenvalue weighted by atomic mass is 16.5. The van der Waals surface area contributed by atoms with Crippen molar-refractivity contribution in [2.75, 3.05) is 58.4 Å². The number of likely N-dealkylation sites (N-methyl/N-ethyl adjacent to an activating group) is 1. The first-order valence-electron chi connectivity index (χ1n) is 15.0. The summed E-state index contributed by atoms with van der Waals surface area (Å²) in [6.45, 7) is 11.1. The van der Waals surface area contributed by atoms with Crippen molar-refractivity contribution in [3.8, 4) is 11.5 Å². The largest absolute Gasteiger partial charge is 0.493 e. The number of amides is 1. The molecule has 216 valence electrons. The van der Waals surface area contributed by atoms with Gasteiger partial charge in [0.05, 0.1) is 20.3 Å². The van der Waals surface area contributed by atoms with Crippen LogP contribution < -0.4 is 14.4 Å². The Bertz CT molecular complexity index is 1360. The molecule has 3 aromatic rings. The molecule has 7 heteroatoms. The van der Waals surface area contributed by atoms with E-state index in [1.807, 2.05) is 12.1 Å². The van der Waals surface area contributed by atoms with E-state index >= 15 is 0 Å². The zero-order valence-electron chi connectivity index (χ0n) is 24.6. The third-order valence-electron chi connectivity index (χ3n) is 9.16. The third-order valence-corrected chi connectivity index (χ3v) is 9.16. The van der Waals surface area contributed by atoms with E-state index in [2.05, 4.69) is 75.1 Å². The lowest BCUT2D eigenvalue weighted by Gasteiger charge is -2.36. The normalized spacial score (nSPS) is 18.0. The van der Waals surface area contributed by atoms with Crippen LogP contribution in [-0.2, 0) is 19.6 Å². The molecular formula is C34H42N4O3. The zero-order valence-corrected chi connectivity index (χ0v) is 24.6. The van der Waals surface area contributed by atoms with Gasteiger partial charge < -0.3 is 24.2 Å². The van der Waals surface area contributed by atoms with E-state index in [9.17, 15) is 4.79 Å². The molecule has 3 aromatic carbocycles. The minimum Gasteiger partial charge on any atom is -0.493 e. The van der Waals surface area contributed by atoms with Crippen LogP contribution in [0.25, 0.3) is 0 Å². The minimum absolute atomic E-state index is 0.0514. The van der Waals surface area contributed by atoms with Crippen molar-refractivity contribution in [2.24, 2.45) is 0 Å². The first kappa shape index (κ1) is 27.6. The second-order valence-corrected chi connectivity index (χ2v) is 11.4. The van der Waals surface area contributed by atoms with Crippen molar-refractivity contribution >= 4 is 11.6 Å². The maximum absolute atomic E-state index is 14.0. The molecular weight excluding hydrogens is 512 g/mol. The average Bonchev–Trinajstić information content (AvgIpc) is 3.59. The van der Waals surface area contributed by atoms with Crippen molar-refractivity contribution < 1.29 is 14.3 Å². The molecule has 0 aromatic heterocycles. The lowest BCUT2D eigenvalue weighted by atomic mass is 9.99. The first-order chi connectivity index (χ1) is 20.1. The Morgan fingerprint density at radius 1 is 0.805 bits per heavy atom. The first-order valence-corrected chi connectivity index (χ1v) is 15.0. The van der Waals surface area contributed by atoms with Crippen LogP contribution in [0.4, 0.5) is 5.69 Å². The van der Waals surface area contributed by atoms with Crippen LogP contribution >= 0.6 is 0 Å². The maximum atomic E-state index is 14.0. The van der Waals surface area contributed by atoms with Gasteiger partial charge in [-0.3, -0.25) is 9.69 Å². The summed E-state index contributed by atoms with van der Waals surface area (Å²) in [6, 6.07) is 21.1. The highest BCUT2D eigenvalue weighted by Crippen LogP contribution is 2.40. The summed E-state index contributed by atoms with van der Waals surface area (Å²) in [7, 11) is 3.33. The number of piperazine rings is 1. The average molecular weight is 555 g/mol. The smallest absolute Gasteiger partial charge is 0.255 e. The number of hydrogen-bond acceptors (Lipinski definition) is 6. The molecule has 6 rings (SSSR count). The van der Waals surface area contributed by atoms with Gasteiger partial charge in [0.2, 0.25) is 0 Å². The van der Waals surface area contributed by atoms with Gasteiger partial charge in [0.15, 0.2) is 11.5 Å². The van der Waals surface area contributed by atoms with Crippen LogP contribution in [0.1, 0.15) is 58.4 Å². The molecule has 3 aliphatic heterocycles. The number of rotatable bonds is 10. The number of fused-ring (bicyclic) bond motifs is 2. The van der Waals surface area contributed by atoms with E-state index in [0.29, 0.717) is 18.0 Å². The van der Waals surface area contributed by atoms with Gasteiger partial charge in [-0.25, -0.2) is 0 Å². The monoisotopic (exact) mass is 554 g/mol. The highest BCUT2D eigenvalue weighted by molar-refractivity contribution is 6.00. The van der Waals surface area contributed by atoms with E-state index in [-0.39, 0.29) is 11.9 Å². The minimum atomic E-state index is -0.0514. The number of carbonyl (C=O) groups is 1. The van der Waals surface area contributed by atoms with Crippen LogP contribution in [0, 0.1) is 0 Å². The second kappa shape index (κ2) is 12.1. The van der Waals surface area contributed by atoms with E-state index in [0.717, 1.165) is 76.3 Å². The molecule has 0 saturated carbocycles. The fraction of sp³-hybridized carbons (Fsp3) is 0.441. The topological polar surface area (TPSA) is 48.5 Å². The van der Waals surface area contributed by atoms with E-state index in [4.69, 9.17) is 9.47 Å². The van der Waals surface area contributed by atoms with Crippen molar-refractivity contribution in [1.82, 2.24) is 14.7 Å². The predicted octanol–water partition coefficient (Wildman–Crippen LogP) is 5.34. The van der Waals surface area contributed by atoms with Crippen molar-refractivity contribution in [3.63, 3.8) is 0 Å². The van der Waals surface area contributed by atoms with Gasteiger partial charge in [0.1, 0.15) is 0 Å². The Kier molecular flexibility index (Phi) is 8.17. The molecule has 1 amide bonds. The number of ether oxygens (including phenoxy) is 2. The van der Waals surface area contributed by atoms with Crippen LogP contribution in [0.2, 0.25) is 0 Å². The van der Waals surface area contributed by atoms with Gasteiger partial charge in [-0.05, 0) is 66.9 Å². The van der Waals surface area contributed by atoms with Gasteiger partial charge in [-0.2, -0.15) is 0 Å². The van der Waals surface area contributed by atoms with Crippen molar-refractivity contribution in [2.45, 2.75) is 45.4 Å². The predicted molar refractivity (Wildman–Crippen MR) is 163 cm³/mol. The Labute approximate surface area is 244 Å². The lowest BCUT2D eigenvalue weighted by Crippen LogP contribution is -2.46. The van der Waals surface area contributed by atoms with Crippen molar-refractivity contribution in [1.29, 1.82) is 0 Å². The SMILES string of the molecule is CCN1CCN(c2cccc3c2CN([C@H](CCCN2Cc4ccccc4C2)c2ccc(OC)c(OC)c2)C3=O)CC1. The Balaban J connectivity index is 1.24. The molecule has 0 bridgehead atoms. The highest BCUT2D eigenvalue weighted by Gasteiger charge is 2.36. The fourth-order valence-corrected chi connectivity index (χ4v) is 6.82. The summed E-state index contributed by atoms with van der Waals surface area (Å²) in [4.78, 5) is 23.6. The number of nitrogens with zero attached hydrogens (tertiary/aromatic N) is 4. The summed E-state index contributed by atoms with van der Waals surface area (Å²) in [5.74, 6) is 1.53. The van der Waals surface area contributed by atoms with E-state index in [1.54, 1.807) is 14.2 Å². The number of hydrogen-bond donors (Lipinski definition) is 0. The number of benzene rings is 3. The van der Waals surface area contributed by atoms with Gasteiger partial charge in [-0.15, -0.1) is 0 Å². The number of anilines is 1. The van der Waals surface area contributed by atoms with Crippen LogP contribution in [-0.4, -0.2) is 74.1 Å². The molecule has 1 saturated heterocycles. The van der Waals surface area contributed by atoms with Gasteiger partial charge in [0.25, 0.3) is 5.91 Å². The quantitative estimate of drug-likeness (QED) is 0.337. The molecule has 7 nitrogen and oxygen atoms in total. The Morgan fingerprint density at radius 2 is 1.54 bits per heavy atom. The molecule has 0 spiro atoms. The third kappa shape index (κ3) is 5.53. The van der Waals surface area contributed by atoms with Gasteiger partial charge >= 0.3 is 0 Å². The van der Waals surface area contributed by atoms with Crippen LogP contribution in [0.3, 0.4) is 0 Å². The van der Waals surface area contributed by atoms with Gasteiger partial charge in [0, 0.05) is 62.6 Å². The summed E-state index contributed by atoms with van der Waals surface area (Å²) < 4.78 is 11.2. The molecule has 3 aliphatic rings. The molecule has 1 fully saturated rings. The van der Waals surface area contributed by atoms with Gasteiger partial charge in [-0.1, -0.05) is 43.3 Å². The van der Waals surface area contributed by atoms with Crippen molar-refractivity contribution in [3.05, 3.63) is 88.5 Å². The van der Waals surface area contributed by atoms with E-state index < -0.39 is 0 Å². The second-order valence-electron chi connectivity index (χ2n) is 11.4. The zero-order chi connectivity index (χ0) is 28.3. The maximum Gasteiger partial charge on any atom is 0.255 e. The Hall–Kier alpha value is -3.55. The lowest BCUT2D eigenvalue weighted by molar-refractivity contribution is 0.0685. The molecule has 0 unspecified atom stereocenters. The Morgan fingerprint density at radius 3 is 2.22 bits per heavy atom.